The predicted octanol–water partition coefficient (Wildman–Crippen LogP) is 5.40. The van der Waals surface area contributed by atoms with Gasteiger partial charge in [0.1, 0.15) is 17.3 Å². The molecule has 0 bridgehead atoms. The largest absolute Gasteiger partial charge is 0.439 e. The lowest BCUT2D eigenvalue weighted by Gasteiger charge is -2.30. The number of nitrogens with zero attached hydrogens (tertiary/aromatic N) is 3. The molecule has 0 amide bonds. The number of rotatable bonds is 10. The second kappa shape index (κ2) is 11.1. The van der Waals surface area contributed by atoms with Gasteiger partial charge in [-0.1, -0.05) is 30.3 Å². The van der Waals surface area contributed by atoms with E-state index in [0.29, 0.717) is 24.7 Å². The highest BCUT2D eigenvalue weighted by molar-refractivity contribution is 5.65. The molecule has 7 heteroatoms. The van der Waals surface area contributed by atoms with Crippen LogP contribution in [0.3, 0.4) is 0 Å². The summed E-state index contributed by atoms with van der Waals surface area (Å²) >= 11 is 0. The predicted molar refractivity (Wildman–Crippen MR) is 132 cm³/mol. The molecule has 3 aromatic rings. The Kier molecular flexibility index (Phi) is 8.47. The first-order valence-corrected chi connectivity index (χ1v) is 11.6. The molecule has 1 atom stereocenters. The van der Waals surface area contributed by atoms with Gasteiger partial charge in [0, 0.05) is 31.7 Å². The van der Waals surface area contributed by atoms with Crippen molar-refractivity contribution in [2.24, 2.45) is 7.05 Å². The van der Waals surface area contributed by atoms with E-state index in [0.717, 1.165) is 16.8 Å². The van der Waals surface area contributed by atoms with Gasteiger partial charge < -0.3 is 14.6 Å². The lowest BCUT2D eigenvalue weighted by molar-refractivity contribution is -0.0587. The van der Waals surface area contributed by atoms with Crippen molar-refractivity contribution in [3.63, 3.8) is 0 Å². The van der Waals surface area contributed by atoms with E-state index in [1.54, 1.807) is 16.8 Å². The van der Waals surface area contributed by atoms with Crippen molar-refractivity contribution in [2.75, 3.05) is 13.2 Å². The first-order chi connectivity index (χ1) is 16.0. The van der Waals surface area contributed by atoms with E-state index in [2.05, 4.69) is 18.7 Å². The Morgan fingerprint density at radius 1 is 1.06 bits per heavy atom. The van der Waals surface area contributed by atoms with E-state index in [1.807, 2.05) is 58.2 Å². The number of aromatic nitrogens is 2. The number of hydrogen-bond acceptors (Lipinski definition) is 5. The molecule has 6 nitrogen and oxygen atoms in total. The number of aliphatic hydroxyl groups excluding tert-OH is 1. The van der Waals surface area contributed by atoms with Crippen LogP contribution in [-0.2, 0) is 18.3 Å². The maximum absolute atomic E-state index is 13.4. The average molecular weight is 470 g/mol. The Hall–Kier alpha value is -2.74. The summed E-state index contributed by atoms with van der Waals surface area (Å²) in [6.45, 7) is 11.3. The molecule has 0 spiro atoms. The highest BCUT2D eigenvalue weighted by atomic mass is 19.1. The second-order valence-electron chi connectivity index (χ2n) is 9.78. The van der Waals surface area contributed by atoms with Crippen LogP contribution in [-0.4, -0.2) is 50.7 Å². The van der Waals surface area contributed by atoms with E-state index >= 15 is 0 Å². The maximum atomic E-state index is 13.4. The number of hydrogen-bond donors (Lipinski definition) is 1. The standard InChI is InChI=1S/C27H36FN3O3/c1-19(2)31(16-22(32)18-33-27(3,4)5)17-24-25(20-10-8-7-9-11-20)29-30(6)26(24)34-23-14-12-21(28)13-15-23/h7-15,19,22,32H,16-18H2,1-6H3/t22-/m0/s1. The number of ether oxygens (including phenoxy) is 2. The summed E-state index contributed by atoms with van der Waals surface area (Å²) in [5.41, 5.74) is 2.37. The molecule has 0 saturated heterocycles. The van der Waals surface area contributed by atoms with Crippen LogP contribution in [0.5, 0.6) is 11.6 Å². The molecule has 0 aliphatic heterocycles. The molecule has 0 aliphatic carbocycles. The van der Waals surface area contributed by atoms with Crippen molar-refractivity contribution < 1.29 is 19.0 Å². The van der Waals surface area contributed by atoms with Crippen LogP contribution in [0.25, 0.3) is 11.3 Å². The molecular formula is C27H36FN3O3. The summed E-state index contributed by atoms with van der Waals surface area (Å²) < 4.78 is 27.1. The lowest BCUT2D eigenvalue weighted by Crippen LogP contribution is -2.40. The van der Waals surface area contributed by atoms with Crippen LogP contribution in [0, 0.1) is 5.82 Å². The van der Waals surface area contributed by atoms with Gasteiger partial charge >= 0.3 is 0 Å². The monoisotopic (exact) mass is 469 g/mol. The topological polar surface area (TPSA) is 59.8 Å². The van der Waals surface area contributed by atoms with Gasteiger partial charge in [-0.25, -0.2) is 9.07 Å². The molecule has 0 fully saturated rings. The quantitative estimate of drug-likeness (QED) is 0.431. The first kappa shape index (κ1) is 25.9. The smallest absolute Gasteiger partial charge is 0.222 e. The minimum atomic E-state index is -0.639. The fourth-order valence-corrected chi connectivity index (χ4v) is 3.60. The highest BCUT2D eigenvalue weighted by Crippen LogP contribution is 2.34. The van der Waals surface area contributed by atoms with Gasteiger partial charge in [-0.2, -0.15) is 5.10 Å². The zero-order valence-electron chi connectivity index (χ0n) is 21.0. The summed E-state index contributed by atoms with van der Waals surface area (Å²) in [5, 5.41) is 15.4. The summed E-state index contributed by atoms with van der Waals surface area (Å²) in [6.07, 6.45) is -0.639. The first-order valence-electron chi connectivity index (χ1n) is 11.6. The van der Waals surface area contributed by atoms with Crippen LogP contribution < -0.4 is 4.74 Å². The molecule has 0 unspecified atom stereocenters. The molecule has 1 N–H and O–H groups in total. The van der Waals surface area contributed by atoms with Gasteiger partial charge in [0.15, 0.2) is 0 Å². The van der Waals surface area contributed by atoms with E-state index < -0.39 is 6.10 Å². The summed E-state index contributed by atoms with van der Waals surface area (Å²) in [4.78, 5) is 2.18. The number of aryl methyl sites for hydroxylation is 1. The van der Waals surface area contributed by atoms with Crippen molar-refractivity contribution in [3.05, 3.63) is 66.0 Å². The molecule has 3 rings (SSSR count). The van der Waals surface area contributed by atoms with Crippen LogP contribution in [0.2, 0.25) is 0 Å². The van der Waals surface area contributed by atoms with Crippen LogP contribution in [0.4, 0.5) is 4.39 Å². The fraction of sp³-hybridized carbons (Fsp3) is 0.444. The van der Waals surface area contributed by atoms with Gasteiger partial charge in [0.25, 0.3) is 0 Å². The van der Waals surface area contributed by atoms with Gasteiger partial charge in [0.05, 0.1) is 23.9 Å². The van der Waals surface area contributed by atoms with E-state index in [1.165, 1.54) is 12.1 Å². The minimum Gasteiger partial charge on any atom is -0.439 e. The average Bonchev–Trinajstić information content (AvgIpc) is 3.08. The molecule has 2 aromatic carbocycles. The van der Waals surface area contributed by atoms with E-state index in [-0.39, 0.29) is 24.1 Å². The number of benzene rings is 2. The van der Waals surface area contributed by atoms with Crippen molar-refractivity contribution in [1.82, 2.24) is 14.7 Å². The summed E-state index contributed by atoms with van der Waals surface area (Å²) in [6, 6.07) is 16.0. The zero-order valence-corrected chi connectivity index (χ0v) is 21.0. The molecule has 1 aromatic heterocycles. The Balaban J connectivity index is 1.93. The SMILES string of the molecule is CC(C)N(Cc1c(-c2ccccc2)nn(C)c1Oc1ccc(F)cc1)C[C@H](O)COC(C)(C)C. The maximum Gasteiger partial charge on any atom is 0.222 e. The Morgan fingerprint density at radius 2 is 1.71 bits per heavy atom. The van der Waals surface area contributed by atoms with Crippen LogP contribution in [0.15, 0.2) is 54.6 Å². The van der Waals surface area contributed by atoms with Gasteiger partial charge in [-0.3, -0.25) is 4.90 Å². The molecule has 1 heterocycles. The molecule has 0 radical (unpaired) electrons. The number of aliphatic hydroxyl groups is 1. The summed E-state index contributed by atoms with van der Waals surface area (Å²) in [5.74, 6) is 0.788. The van der Waals surface area contributed by atoms with Gasteiger partial charge in [-0.15, -0.1) is 0 Å². The normalized spacial score (nSPS) is 13.0. The second-order valence-corrected chi connectivity index (χ2v) is 9.78. The molecule has 34 heavy (non-hydrogen) atoms. The van der Waals surface area contributed by atoms with Crippen molar-refractivity contribution in [2.45, 2.75) is 58.9 Å². The van der Waals surface area contributed by atoms with E-state index in [4.69, 9.17) is 14.6 Å². The Morgan fingerprint density at radius 3 is 2.29 bits per heavy atom. The lowest BCUT2D eigenvalue weighted by atomic mass is 10.1. The third-order valence-electron chi connectivity index (χ3n) is 5.41. The third kappa shape index (κ3) is 7.13. The molecule has 0 aliphatic rings. The van der Waals surface area contributed by atoms with Crippen LogP contribution in [0.1, 0.15) is 40.2 Å². The zero-order chi connectivity index (χ0) is 24.9. The Labute approximate surface area is 201 Å². The minimum absolute atomic E-state index is 0.159. The molecule has 0 saturated carbocycles. The van der Waals surface area contributed by atoms with Gasteiger partial charge in [-0.05, 0) is 58.9 Å². The number of halogens is 1. The van der Waals surface area contributed by atoms with Crippen molar-refractivity contribution >= 4 is 0 Å². The van der Waals surface area contributed by atoms with Crippen LogP contribution >= 0.6 is 0 Å². The van der Waals surface area contributed by atoms with Crippen molar-refractivity contribution in [3.8, 4) is 22.9 Å². The van der Waals surface area contributed by atoms with E-state index in [9.17, 15) is 9.50 Å². The Bertz CT molecular complexity index is 1040. The van der Waals surface area contributed by atoms with Gasteiger partial charge in [0.2, 0.25) is 5.88 Å². The molecule has 184 valence electrons. The van der Waals surface area contributed by atoms with Crippen molar-refractivity contribution in [1.29, 1.82) is 0 Å². The molecular weight excluding hydrogens is 433 g/mol. The highest BCUT2D eigenvalue weighted by Gasteiger charge is 2.25. The third-order valence-corrected chi connectivity index (χ3v) is 5.41. The fourth-order valence-electron chi connectivity index (χ4n) is 3.60. The summed E-state index contributed by atoms with van der Waals surface area (Å²) in [7, 11) is 1.83.